The Labute approximate surface area is 232 Å². The Morgan fingerprint density at radius 2 is 1.75 bits per heavy atom. The average Bonchev–Trinajstić information content (AvgIpc) is 3.35. The first-order chi connectivity index (χ1) is 19.0. The summed E-state index contributed by atoms with van der Waals surface area (Å²) in [4.78, 5) is 65.6. The van der Waals surface area contributed by atoms with Crippen LogP contribution in [0.2, 0.25) is 0 Å². The van der Waals surface area contributed by atoms with Gasteiger partial charge < -0.3 is 31.5 Å². The molecule has 1 aliphatic heterocycles. The van der Waals surface area contributed by atoms with Crippen LogP contribution in [0.3, 0.4) is 0 Å². The zero-order chi connectivity index (χ0) is 29.2. The number of primary amides is 1. The minimum atomic E-state index is -0.997. The summed E-state index contributed by atoms with van der Waals surface area (Å²) in [6, 6.07) is 7.76. The van der Waals surface area contributed by atoms with Crippen molar-refractivity contribution in [2.45, 2.75) is 58.3 Å². The number of hydrogen-bond acceptors (Lipinski definition) is 8. The molecule has 40 heavy (non-hydrogen) atoms. The van der Waals surface area contributed by atoms with Crippen molar-refractivity contribution in [1.29, 1.82) is 0 Å². The standard InChI is InChI=1S/C27H37N7O6/c1-16(2)11-20-26(38)32-21(12-18-7-5-4-6-8-18)25(37)29-9-10-34(15-23(28)35)14-19-13-22(33-40-19)27(39)30-17(3)24(36)31-20/h4-8,13,16-17,20-21H,9-12,14-15H2,1-3H3,(H2,28,35)(H,29,37)(H,30,39)(H,31,36)(H,32,38)/t17-,20-,21-/m1/s1. The molecule has 0 saturated heterocycles. The highest BCUT2D eigenvalue weighted by Gasteiger charge is 2.30. The fourth-order valence-corrected chi connectivity index (χ4v) is 4.28. The van der Waals surface area contributed by atoms with Gasteiger partial charge in [0, 0.05) is 25.6 Å². The number of carbonyl (C=O) groups is 5. The maximum atomic E-state index is 13.4. The lowest BCUT2D eigenvalue weighted by atomic mass is 10.0. The molecule has 2 heterocycles. The minimum absolute atomic E-state index is 0.0463. The molecule has 6 N–H and O–H groups in total. The number of nitrogens with zero attached hydrogens (tertiary/aromatic N) is 2. The number of aromatic nitrogens is 1. The van der Waals surface area contributed by atoms with E-state index in [1.165, 1.54) is 13.0 Å². The third-order valence-corrected chi connectivity index (χ3v) is 6.27. The second kappa shape index (κ2) is 14.2. The van der Waals surface area contributed by atoms with Crippen molar-refractivity contribution in [1.82, 2.24) is 31.3 Å². The Morgan fingerprint density at radius 1 is 1.05 bits per heavy atom. The van der Waals surface area contributed by atoms with Crippen LogP contribution < -0.4 is 27.0 Å². The molecule has 1 aromatic heterocycles. The van der Waals surface area contributed by atoms with Crippen molar-refractivity contribution in [3.63, 3.8) is 0 Å². The molecule has 13 heteroatoms. The lowest BCUT2D eigenvalue weighted by Crippen LogP contribution is -2.57. The number of rotatable bonds is 6. The summed E-state index contributed by atoms with van der Waals surface area (Å²) < 4.78 is 5.26. The van der Waals surface area contributed by atoms with Gasteiger partial charge in [-0.3, -0.25) is 28.9 Å². The van der Waals surface area contributed by atoms with Crippen molar-refractivity contribution in [3.05, 3.63) is 53.4 Å². The van der Waals surface area contributed by atoms with E-state index in [0.29, 0.717) is 12.2 Å². The number of hydrogen-bond donors (Lipinski definition) is 5. The molecule has 2 bridgehead atoms. The minimum Gasteiger partial charge on any atom is -0.369 e. The van der Waals surface area contributed by atoms with Crippen LogP contribution in [0.4, 0.5) is 0 Å². The van der Waals surface area contributed by atoms with E-state index in [0.717, 1.165) is 5.56 Å². The highest BCUT2D eigenvalue weighted by Crippen LogP contribution is 2.10. The summed E-state index contributed by atoms with van der Waals surface area (Å²) in [5.74, 6) is -2.40. The van der Waals surface area contributed by atoms with Crippen LogP contribution in [0, 0.1) is 5.92 Å². The van der Waals surface area contributed by atoms with E-state index in [1.807, 2.05) is 44.2 Å². The molecule has 13 nitrogen and oxygen atoms in total. The van der Waals surface area contributed by atoms with Gasteiger partial charge in [-0.25, -0.2) is 0 Å². The Bertz CT molecular complexity index is 1200. The van der Waals surface area contributed by atoms with Crippen LogP contribution in [0.1, 0.15) is 49.0 Å². The van der Waals surface area contributed by atoms with Gasteiger partial charge in [0.25, 0.3) is 5.91 Å². The fourth-order valence-electron chi connectivity index (χ4n) is 4.28. The first-order valence-corrected chi connectivity index (χ1v) is 13.2. The largest absolute Gasteiger partial charge is 0.369 e. The monoisotopic (exact) mass is 555 g/mol. The van der Waals surface area contributed by atoms with Gasteiger partial charge in [0.1, 0.15) is 18.1 Å². The van der Waals surface area contributed by atoms with Crippen LogP contribution in [0.5, 0.6) is 0 Å². The Morgan fingerprint density at radius 3 is 2.42 bits per heavy atom. The van der Waals surface area contributed by atoms with Gasteiger partial charge in [-0.15, -0.1) is 0 Å². The van der Waals surface area contributed by atoms with E-state index in [1.54, 1.807) is 4.90 Å². The molecule has 0 aliphatic carbocycles. The highest BCUT2D eigenvalue weighted by molar-refractivity contribution is 5.97. The molecule has 1 aliphatic rings. The van der Waals surface area contributed by atoms with Gasteiger partial charge in [-0.2, -0.15) is 0 Å². The lowest BCUT2D eigenvalue weighted by Gasteiger charge is -2.26. The van der Waals surface area contributed by atoms with E-state index >= 15 is 0 Å². The predicted octanol–water partition coefficient (Wildman–Crippen LogP) is -0.532. The van der Waals surface area contributed by atoms with Crippen LogP contribution in [0.15, 0.2) is 40.9 Å². The summed E-state index contributed by atoms with van der Waals surface area (Å²) in [5, 5.41) is 14.6. The zero-order valence-electron chi connectivity index (χ0n) is 22.9. The van der Waals surface area contributed by atoms with E-state index < -0.39 is 47.7 Å². The number of amides is 5. The van der Waals surface area contributed by atoms with E-state index in [2.05, 4.69) is 26.4 Å². The molecule has 3 atom stereocenters. The Balaban J connectivity index is 1.90. The normalized spacial score (nSPS) is 21.9. The molecule has 0 fully saturated rings. The third kappa shape index (κ3) is 9.19. The van der Waals surface area contributed by atoms with E-state index in [-0.39, 0.29) is 44.2 Å². The van der Waals surface area contributed by atoms with Crippen molar-refractivity contribution >= 4 is 29.5 Å². The predicted molar refractivity (Wildman–Crippen MR) is 144 cm³/mol. The molecule has 3 rings (SSSR count). The van der Waals surface area contributed by atoms with Crippen molar-refractivity contribution in [2.24, 2.45) is 11.7 Å². The van der Waals surface area contributed by atoms with Crippen molar-refractivity contribution < 1.29 is 28.5 Å². The summed E-state index contributed by atoms with van der Waals surface area (Å²) >= 11 is 0. The molecule has 0 spiro atoms. The Hall–Kier alpha value is -4.26. The number of fused-ring (bicyclic) bond motifs is 2. The topological polar surface area (TPSA) is 189 Å². The number of carbonyl (C=O) groups excluding carboxylic acids is 5. The number of nitrogens with one attached hydrogen (secondary N) is 4. The van der Waals surface area contributed by atoms with Gasteiger partial charge in [-0.05, 0) is 24.8 Å². The first kappa shape index (κ1) is 30.3. The van der Waals surface area contributed by atoms with Gasteiger partial charge >= 0.3 is 0 Å². The molecule has 0 unspecified atom stereocenters. The second-order valence-electron chi connectivity index (χ2n) is 10.3. The molecule has 0 radical (unpaired) electrons. The SMILES string of the molecule is CC(C)C[C@H]1NC(=O)[C@@H](C)NC(=O)c2cc(on2)CN(CC(N)=O)CCNC(=O)[C@@H](Cc2ccccc2)NC1=O. The Kier molecular flexibility index (Phi) is 10.8. The third-order valence-electron chi connectivity index (χ3n) is 6.27. The fraction of sp³-hybridized carbons (Fsp3) is 0.481. The van der Waals surface area contributed by atoms with Crippen LogP contribution in [-0.2, 0) is 32.1 Å². The van der Waals surface area contributed by atoms with E-state index in [4.69, 9.17) is 10.3 Å². The summed E-state index contributed by atoms with van der Waals surface area (Å²) in [5.41, 5.74) is 6.18. The molecule has 0 saturated carbocycles. The summed E-state index contributed by atoms with van der Waals surface area (Å²) in [6.07, 6.45) is 0.533. The maximum Gasteiger partial charge on any atom is 0.274 e. The van der Waals surface area contributed by atoms with Crippen LogP contribution in [-0.4, -0.2) is 77.4 Å². The quantitative estimate of drug-likeness (QED) is 0.314. The highest BCUT2D eigenvalue weighted by atomic mass is 16.5. The second-order valence-corrected chi connectivity index (χ2v) is 10.3. The van der Waals surface area contributed by atoms with Gasteiger partial charge in [-0.1, -0.05) is 49.3 Å². The zero-order valence-corrected chi connectivity index (χ0v) is 22.9. The maximum absolute atomic E-state index is 13.4. The van der Waals surface area contributed by atoms with E-state index in [9.17, 15) is 24.0 Å². The molecular formula is C27H37N7O6. The first-order valence-electron chi connectivity index (χ1n) is 13.2. The van der Waals surface area contributed by atoms with Crippen LogP contribution >= 0.6 is 0 Å². The molecular weight excluding hydrogens is 518 g/mol. The van der Waals surface area contributed by atoms with Crippen molar-refractivity contribution in [3.8, 4) is 0 Å². The molecule has 5 amide bonds. The molecule has 2 aromatic rings. The van der Waals surface area contributed by atoms with Crippen molar-refractivity contribution in [2.75, 3.05) is 19.6 Å². The molecule has 1 aromatic carbocycles. The van der Waals surface area contributed by atoms with Gasteiger partial charge in [0.2, 0.25) is 23.6 Å². The van der Waals surface area contributed by atoms with Gasteiger partial charge in [0.05, 0.1) is 13.1 Å². The van der Waals surface area contributed by atoms with Crippen LogP contribution in [0.25, 0.3) is 0 Å². The van der Waals surface area contributed by atoms with Gasteiger partial charge in [0.15, 0.2) is 11.5 Å². The summed E-state index contributed by atoms with van der Waals surface area (Å²) in [6.45, 7) is 5.63. The molecule has 216 valence electrons. The summed E-state index contributed by atoms with van der Waals surface area (Å²) in [7, 11) is 0. The number of nitrogens with two attached hydrogens (primary N) is 1. The average molecular weight is 556 g/mol. The smallest absolute Gasteiger partial charge is 0.274 e. The number of benzene rings is 1. The lowest BCUT2D eigenvalue weighted by molar-refractivity contribution is -0.132.